The Kier molecular flexibility index (Phi) is 3.88. The number of rotatable bonds is 3. The quantitative estimate of drug-likeness (QED) is 0.397. The minimum atomic E-state index is -0.609. The third-order valence-corrected chi connectivity index (χ3v) is 3.05. The number of aromatic nitrogens is 1. The number of nitro groups is 1. The molecule has 0 aliphatic carbocycles. The number of pyridine rings is 1. The molecule has 8 heteroatoms. The Morgan fingerprint density at radius 1 is 1.61 bits per heavy atom. The summed E-state index contributed by atoms with van der Waals surface area (Å²) in [5.74, 6) is 0.344. The maximum atomic E-state index is 10.6. The molecule has 1 N–H and O–H groups in total. The summed E-state index contributed by atoms with van der Waals surface area (Å²) in [4.78, 5) is 15.8. The number of nitrogens with zero attached hydrogens (tertiary/aromatic N) is 3. The fourth-order valence-electron chi connectivity index (χ4n) is 1.70. The molecule has 6 nitrogen and oxygen atoms in total. The Morgan fingerprint density at radius 3 is 3.00 bits per heavy atom. The van der Waals surface area contributed by atoms with Gasteiger partial charge in [-0.05, 0) is 23.2 Å². The van der Waals surface area contributed by atoms with Crippen molar-refractivity contribution in [1.29, 1.82) is 0 Å². The molecule has 1 aromatic heterocycles. The maximum absolute atomic E-state index is 10.6. The van der Waals surface area contributed by atoms with Gasteiger partial charge in [-0.25, -0.2) is 4.98 Å². The maximum Gasteiger partial charge on any atom is 0.377 e. The molecule has 0 unspecified atom stereocenters. The zero-order chi connectivity index (χ0) is 13.1. The molecule has 18 heavy (non-hydrogen) atoms. The van der Waals surface area contributed by atoms with Crippen LogP contribution >= 0.6 is 23.2 Å². The monoisotopic (exact) mass is 288 g/mol. The molecule has 0 amide bonds. The van der Waals surface area contributed by atoms with Gasteiger partial charge < -0.3 is 10.2 Å². The molecule has 2 heterocycles. The van der Waals surface area contributed by atoms with E-state index in [9.17, 15) is 10.1 Å². The third-order valence-electron chi connectivity index (χ3n) is 2.51. The zero-order valence-corrected chi connectivity index (χ0v) is 10.8. The van der Waals surface area contributed by atoms with Crippen molar-refractivity contribution in [2.45, 2.75) is 6.54 Å². The minimum Gasteiger partial charge on any atom is -0.363 e. The Labute approximate surface area is 113 Å². The second-order valence-corrected chi connectivity index (χ2v) is 4.48. The van der Waals surface area contributed by atoms with Crippen LogP contribution in [0.2, 0.25) is 5.15 Å². The van der Waals surface area contributed by atoms with E-state index in [1.807, 2.05) is 6.07 Å². The number of hydrogen-bond acceptors (Lipinski definition) is 5. The van der Waals surface area contributed by atoms with Crippen molar-refractivity contribution in [1.82, 2.24) is 15.2 Å². The van der Waals surface area contributed by atoms with E-state index >= 15 is 0 Å². The van der Waals surface area contributed by atoms with Crippen LogP contribution in [0.15, 0.2) is 29.3 Å². The molecule has 1 saturated heterocycles. The Morgan fingerprint density at radius 2 is 2.39 bits per heavy atom. The molecular weight excluding hydrogens is 279 g/mol. The van der Waals surface area contributed by atoms with Crippen molar-refractivity contribution in [3.05, 3.63) is 50.1 Å². The SMILES string of the molecule is O=[N+]([O-])/C(Cl)=C1\NCCN1Cc1ccc(Cl)nc1. The molecule has 1 fully saturated rings. The van der Waals surface area contributed by atoms with E-state index in [0.29, 0.717) is 30.6 Å². The summed E-state index contributed by atoms with van der Waals surface area (Å²) in [7, 11) is 0. The van der Waals surface area contributed by atoms with Crippen LogP contribution in [0.5, 0.6) is 0 Å². The fraction of sp³-hybridized carbons (Fsp3) is 0.300. The van der Waals surface area contributed by atoms with E-state index < -0.39 is 10.1 Å². The summed E-state index contributed by atoms with van der Waals surface area (Å²) in [6, 6.07) is 3.50. The first-order chi connectivity index (χ1) is 8.58. The van der Waals surface area contributed by atoms with E-state index in [1.54, 1.807) is 17.2 Å². The van der Waals surface area contributed by atoms with Crippen LogP contribution in [-0.4, -0.2) is 27.9 Å². The fourth-order valence-corrected chi connectivity index (χ4v) is 2.00. The van der Waals surface area contributed by atoms with E-state index in [0.717, 1.165) is 5.56 Å². The summed E-state index contributed by atoms with van der Waals surface area (Å²) in [6.45, 7) is 1.78. The molecule has 0 radical (unpaired) electrons. The molecule has 1 aromatic rings. The molecule has 1 aliphatic heterocycles. The molecule has 0 saturated carbocycles. The summed E-state index contributed by atoms with van der Waals surface area (Å²) < 4.78 is 0. The van der Waals surface area contributed by atoms with Crippen LogP contribution in [0.3, 0.4) is 0 Å². The Hall–Kier alpha value is -1.53. The van der Waals surface area contributed by atoms with Gasteiger partial charge in [0.05, 0.1) is 4.92 Å². The van der Waals surface area contributed by atoms with Gasteiger partial charge in [-0.2, -0.15) is 0 Å². The minimum absolute atomic E-state index is 0.344. The van der Waals surface area contributed by atoms with Crippen molar-refractivity contribution < 1.29 is 4.92 Å². The van der Waals surface area contributed by atoms with Crippen LogP contribution in [0, 0.1) is 10.1 Å². The summed E-state index contributed by atoms with van der Waals surface area (Å²) in [5, 5.41) is 13.6. The van der Waals surface area contributed by atoms with Gasteiger partial charge in [0.15, 0.2) is 5.82 Å². The summed E-state index contributed by atoms with van der Waals surface area (Å²) in [6.07, 6.45) is 1.64. The number of nitrogens with one attached hydrogen (secondary N) is 1. The van der Waals surface area contributed by atoms with Crippen LogP contribution < -0.4 is 5.32 Å². The molecule has 2 rings (SSSR count). The first-order valence-corrected chi connectivity index (χ1v) is 5.97. The van der Waals surface area contributed by atoms with Crippen molar-refractivity contribution in [2.24, 2.45) is 0 Å². The summed E-state index contributed by atoms with van der Waals surface area (Å²) in [5.41, 5.74) is 0.911. The molecule has 0 aromatic carbocycles. The molecule has 0 bridgehead atoms. The van der Waals surface area contributed by atoms with Crippen LogP contribution in [0.1, 0.15) is 5.56 Å². The van der Waals surface area contributed by atoms with Gasteiger partial charge in [-0.1, -0.05) is 17.7 Å². The topological polar surface area (TPSA) is 71.3 Å². The molecule has 0 spiro atoms. The van der Waals surface area contributed by atoms with Gasteiger partial charge >= 0.3 is 5.16 Å². The highest BCUT2D eigenvalue weighted by atomic mass is 35.5. The standard InChI is InChI=1S/C10H10Cl2N4O2/c11-8-2-1-7(5-14-8)6-15-4-3-13-10(15)9(12)16(17)18/h1-2,5,13H,3-4,6H2/b10-9+. The number of halogens is 2. The molecule has 1 aliphatic rings. The van der Waals surface area contributed by atoms with E-state index in [2.05, 4.69) is 10.3 Å². The van der Waals surface area contributed by atoms with Gasteiger partial charge in [0.25, 0.3) is 0 Å². The van der Waals surface area contributed by atoms with Crippen molar-refractivity contribution in [3.63, 3.8) is 0 Å². The third kappa shape index (κ3) is 2.83. The largest absolute Gasteiger partial charge is 0.377 e. The van der Waals surface area contributed by atoms with E-state index in [4.69, 9.17) is 23.2 Å². The molecule has 0 atom stereocenters. The van der Waals surface area contributed by atoms with Gasteiger partial charge in [0.1, 0.15) is 5.15 Å². The Bertz CT molecular complexity index is 489. The van der Waals surface area contributed by atoms with E-state index in [-0.39, 0.29) is 0 Å². The van der Waals surface area contributed by atoms with Gasteiger partial charge in [0.2, 0.25) is 0 Å². The second kappa shape index (κ2) is 5.41. The predicted molar refractivity (Wildman–Crippen MR) is 67.5 cm³/mol. The van der Waals surface area contributed by atoms with E-state index in [1.165, 1.54) is 0 Å². The smallest absolute Gasteiger partial charge is 0.363 e. The lowest BCUT2D eigenvalue weighted by Crippen LogP contribution is -2.22. The van der Waals surface area contributed by atoms with Crippen LogP contribution in [-0.2, 0) is 6.54 Å². The van der Waals surface area contributed by atoms with Crippen molar-refractivity contribution >= 4 is 23.2 Å². The van der Waals surface area contributed by atoms with Crippen molar-refractivity contribution in [2.75, 3.05) is 13.1 Å². The lowest BCUT2D eigenvalue weighted by molar-refractivity contribution is -0.414. The predicted octanol–water partition coefficient (Wildman–Crippen LogP) is 1.78. The van der Waals surface area contributed by atoms with Crippen molar-refractivity contribution in [3.8, 4) is 0 Å². The highest BCUT2D eigenvalue weighted by Crippen LogP contribution is 2.19. The van der Waals surface area contributed by atoms with Gasteiger partial charge in [-0.15, -0.1) is 0 Å². The number of hydrogen-bond donors (Lipinski definition) is 1. The highest BCUT2D eigenvalue weighted by molar-refractivity contribution is 6.29. The van der Waals surface area contributed by atoms with Crippen LogP contribution in [0.25, 0.3) is 0 Å². The normalized spacial score (nSPS) is 17.6. The molecule has 96 valence electrons. The summed E-state index contributed by atoms with van der Waals surface area (Å²) >= 11 is 11.3. The van der Waals surface area contributed by atoms with Crippen LogP contribution in [0.4, 0.5) is 0 Å². The first-order valence-electron chi connectivity index (χ1n) is 5.21. The lowest BCUT2D eigenvalue weighted by Gasteiger charge is -2.17. The first kappa shape index (κ1) is 12.9. The average molecular weight is 289 g/mol. The zero-order valence-electron chi connectivity index (χ0n) is 9.27. The lowest BCUT2D eigenvalue weighted by atomic mass is 10.2. The van der Waals surface area contributed by atoms with Gasteiger partial charge in [0, 0.05) is 25.8 Å². The Balaban J connectivity index is 2.16. The van der Waals surface area contributed by atoms with Gasteiger partial charge in [-0.3, -0.25) is 10.1 Å². The molecular formula is C10H10Cl2N4O2. The highest BCUT2D eigenvalue weighted by Gasteiger charge is 2.26. The average Bonchev–Trinajstić information content (AvgIpc) is 2.79. The second-order valence-electron chi connectivity index (χ2n) is 3.73.